The van der Waals surface area contributed by atoms with E-state index in [1.807, 2.05) is 41.3 Å². The Balaban J connectivity index is 1.16. The van der Waals surface area contributed by atoms with E-state index in [4.69, 9.17) is 9.84 Å². The number of carboxylic acids is 1. The molecule has 230 valence electrons. The Hall–Kier alpha value is -3.65. The van der Waals surface area contributed by atoms with E-state index in [9.17, 15) is 14.4 Å². The van der Waals surface area contributed by atoms with Gasteiger partial charge in [0.15, 0.2) is 0 Å². The van der Waals surface area contributed by atoms with E-state index >= 15 is 0 Å². The van der Waals surface area contributed by atoms with E-state index in [2.05, 4.69) is 29.3 Å². The fraction of sp³-hybridized carbons (Fsp3) is 0.514. The van der Waals surface area contributed by atoms with Gasteiger partial charge in [-0.05, 0) is 73.1 Å². The van der Waals surface area contributed by atoms with Gasteiger partial charge in [0.25, 0.3) is 0 Å². The lowest BCUT2D eigenvalue weighted by atomic mass is 9.79. The lowest BCUT2D eigenvalue weighted by Gasteiger charge is -2.52. The molecule has 5 rings (SSSR count). The van der Waals surface area contributed by atoms with Crippen LogP contribution >= 0.6 is 0 Å². The molecular weight excluding hydrogens is 542 g/mol. The molecule has 1 saturated carbocycles. The third-order valence-corrected chi connectivity index (χ3v) is 9.38. The number of hydrogen-bond acceptors (Lipinski definition) is 5. The number of carboxylic acid groups (broad SMARTS) is 1. The first-order valence-electron chi connectivity index (χ1n) is 16.0. The van der Waals surface area contributed by atoms with E-state index in [0.717, 1.165) is 61.8 Å². The maximum absolute atomic E-state index is 13.8. The van der Waals surface area contributed by atoms with Crippen LogP contribution in [0.2, 0.25) is 0 Å². The predicted octanol–water partition coefficient (Wildman–Crippen LogP) is 6.01. The Morgan fingerprint density at radius 1 is 1.00 bits per heavy atom. The minimum atomic E-state index is -0.980. The van der Waals surface area contributed by atoms with Crippen LogP contribution in [0, 0.1) is 5.92 Å². The standard InChI is InChI=1S/C35H45N3O5/c1-2-3-21-38-33(41)31(24-27-7-5-4-6-8-27)36-34(42)35(38)19-22-37(23-20-35)25-28-11-16-30(17-12-28)43-29-14-9-26(10-15-29)13-18-32(39)40/h9-18,27,31H,2-8,19-25H2,1H3,(H,36,42)(H,39,40)/b18-13+/t31-/m0/s1. The van der Waals surface area contributed by atoms with Crippen molar-refractivity contribution in [2.45, 2.75) is 89.3 Å². The molecule has 3 aliphatic rings. The molecular formula is C35H45N3O5. The summed E-state index contributed by atoms with van der Waals surface area (Å²) in [5.41, 5.74) is 1.22. The van der Waals surface area contributed by atoms with Crippen LogP contribution in [0.25, 0.3) is 6.08 Å². The number of amides is 2. The van der Waals surface area contributed by atoms with Gasteiger partial charge in [-0.25, -0.2) is 4.79 Å². The predicted molar refractivity (Wildman–Crippen MR) is 167 cm³/mol. The Kier molecular flexibility index (Phi) is 10.2. The number of rotatable bonds is 11. The minimum Gasteiger partial charge on any atom is -0.478 e. The second kappa shape index (κ2) is 14.2. The van der Waals surface area contributed by atoms with Gasteiger partial charge in [-0.3, -0.25) is 14.5 Å². The second-order valence-electron chi connectivity index (χ2n) is 12.4. The van der Waals surface area contributed by atoms with E-state index in [1.165, 1.54) is 32.1 Å². The molecule has 2 aromatic rings. The summed E-state index contributed by atoms with van der Waals surface area (Å²) in [5.74, 6) is 1.14. The van der Waals surface area contributed by atoms with Crippen molar-refractivity contribution in [1.82, 2.24) is 15.1 Å². The summed E-state index contributed by atoms with van der Waals surface area (Å²) in [5, 5.41) is 12.0. The van der Waals surface area contributed by atoms with Gasteiger partial charge in [0.05, 0.1) is 0 Å². The molecule has 1 aliphatic carbocycles. The molecule has 1 atom stereocenters. The van der Waals surface area contributed by atoms with Crippen LogP contribution in [0.4, 0.5) is 0 Å². The minimum absolute atomic E-state index is 0.0519. The summed E-state index contributed by atoms with van der Waals surface area (Å²) in [6, 6.07) is 14.9. The molecule has 8 nitrogen and oxygen atoms in total. The quantitative estimate of drug-likeness (QED) is 0.313. The third kappa shape index (κ3) is 7.66. The highest BCUT2D eigenvalue weighted by molar-refractivity contribution is 6.00. The first-order valence-corrected chi connectivity index (χ1v) is 16.0. The number of piperazine rings is 1. The van der Waals surface area contributed by atoms with Gasteiger partial charge in [-0.2, -0.15) is 0 Å². The molecule has 0 aromatic heterocycles. The summed E-state index contributed by atoms with van der Waals surface area (Å²) < 4.78 is 5.97. The molecule has 2 aliphatic heterocycles. The Morgan fingerprint density at radius 2 is 1.65 bits per heavy atom. The number of nitrogens with one attached hydrogen (secondary N) is 1. The molecule has 0 unspecified atom stereocenters. The maximum Gasteiger partial charge on any atom is 0.328 e. The number of unbranched alkanes of at least 4 members (excludes halogenated alkanes) is 1. The maximum atomic E-state index is 13.8. The van der Waals surface area contributed by atoms with E-state index in [1.54, 1.807) is 6.08 Å². The summed E-state index contributed by atoms with van der Waals surface area (Å²) in [6.45, 7) is 5.09. The van der Waals surface area contributed by atoms with Crippen molar-refractivity contribution in [2.24, 2.45) is 5.92 Å². The van der Waals surface area contributed by atoms with Gasteiger partial charge in [0, 0.05) is 32.3 Å². The van der Waals surface area contributed by atoms with Gasteiger partial charge < -0.3 is 20.1 Å². The number of benzene rings is 2. The van der Waals surface area contributed by atoms with Crippen LogP contribution < -0.4 is 10.1 Å². The number of ether oxygens (including phenoxy) is 1. The Morgan fingerprint density at radius 3 is 2.28 bits per heavy atom. The first kappa shape index (κ1) is 30.8. The zero-order valence-electron chi connectivity index (χ0n) is 25.3. The van der Waals surface area contributed by atoms with Crippen LogP contribution in [0.5, 0.6) is 11.5 Å². The van der Waals surface area contributed by atoms with Crippen LogP contribution in [-0.4, -0.2) is 63.9 Å². The number of piperidine rings is 1. The third-order valence-electron chi connectivity index (χ3n) is 9.38. The fourth-order valence-corrected chi connectivity index (χ4v) is 6.88. The van der Waals surface area contributed by atoms with Crippen LogP contribution in [0.1, 0.15) is 82.3 Å². The number of nitrogens with zero attached hydrogens (tertiary/aromatic N) is 2. The van der Waals surface area contributed by atoms with Gasteiger partial charge >= 0.3 is 5.97 Å². The van der Waals surface area contributed by atoms with Crippen LogP contribution in [0.15, 0.2) is 54.6 Å². The first-order chi connectivity index (χ1) is 20.9. The van der Waals surface area contributed by atoms with Crippen molar-refractivity contribution < 1.29 is 24.2 Å². The largest absolute Gasteiger partial charge is 0.478 e. The molecule has 2 amide bonds. The molecule has 43 heavy (non-hydrogen) atoms. The second-order valence-corrected chi connectivity index (χ2v) is 12.4. The number of carbonyl (C=O) groups excluding carboxylic acids is 2. The van der Waals surface area contributed by atoms with Gasteiger partial charge in [0.1, 0.15) is 23.1 Å². The Bertz CT molecular complexity index is 1280. The van der Waals surface area contributed by atoms with E-state index < -0.39 is 11.5 Å². The molecule has 2 N–H and O–H groups in total. The smallest absolute Gasteiger partial charge is 0.328 e. The van der Waals surface area contributed by atoms with Gasteiger partial charge in [-0.15, -0.1) is 0 Å². The normalized spacial score (nSPS) is 21.3. The van der Waals surface area contributed by atoms with Gasteiger partial charge in [-0.1, -0.05) is 69.7 Å². The van der Waals surface area contributed by atoms with Crippen molar-refractivity contribution in [3.63, 3.8) is 0 Å². The highest BCUT2D eigenvalue weighted by Crippen LogP contribution is 2.36. The monoisotopic (exact) mass is 587 g/mol. The molecule has 0 bridgehead atoms. The number of carbonyl (C=O) groups is 3. The Labute approximate surface area is 255 Å². The summed E-state index contributed by atoms with van der Waals surface area (Å²) in [4.78, 5) is 42.5. The molecule has 8 heteroatoms. The van der Waals surface area contributed by atoms with Crippen LogP contribution in [0.3, 0.4) is 0 Å². The highest BCUT2D eigenvalue weighted by Gasteiger charge is 2.53. The molecule has 2 heterocycles. The lowest BCUT2D eigenvalue weighted by Crippen LogP contribution is -2.73. The zero-order chi connectivity index (χ0) is 30.2. The molecule has 0 radical (unpaired) electrons. The van der Waals surface area contributed by atoms with Crippen molar-refractivity contribution in [3.8, 4) is 11.5 Å². The van der Waals surface area contributed by atoms with Crippen molar-refractivity contribution in [3.05, 3.63) is 65.7 Å². The summed E-state index contributed by atoms with van der Waals surface area (Å²) >= 11 is 0. The fourth-order valence-electron chi connectivity index (χ4n) is 6.88. The number of hydrogen-bond donors (Lipinski definition) is 2. The average molecular weight is 588 g/mol. The zero-order valence-corrected chi connectivity index (χ0v) is 25.3. The topological polar surface area (TPSA) is 99.2 Å². The summed E-state index contributed by atoms with van der Waals surface area (Å²) in [6.07, 6.45) is 12.7. The molecule has 2 aromatic carbocycles. The van der Waals surface area contributed by atoms with Crippen molar-refractivity contribution >= 4 is 23.9 Å². The number of aliphatic carboxylic acids is 1. The average Bonchev–Trinajstić information content (AvgIpc) is 3.02. The number of likely N-dealkylation sites (tertiary alicyclic amines) is 1. The van der Waals surface area contributed by atoms with E-state index in [0.29, 0.717) is 31.1 Å². The van der Waals surface area contributed by atoms with Crippen molar-refractivity contribution in [2.75, 3.05) is 19.6 Å². The molecule has 2 saturated heterocycles. The lowest BCUT2D eigenvalue weighted by molar-refractivity contribution is -0.162. The molecule has 1 spiro atoms. The SMILES string of the molecule is CCCCN1C(=O)[C@H](CC2CCCCC2)NC(=O)C12CCN(Cc1ccc(Oc3ccc(/C=C/C(=O)O)cc3)cc1)CC2. The molecule has 3 fully saturated rings. The van der Waals surface area contributed by atoms with Crippen molar-refractivity contribution in [1.29, 1.82) is 0 Å². The summed E-state index contributed by atoms with van der Waals surface area (Å²) in [7, 11) is 0. The highest BCUT2D eigenvalue weighted by atomic mass is 16.5. The van der Waals surface area contributed by atoms with E-state index in [-0.39, 0.29) is 17.9 Å². The van der Waals surface area contributed by atoms with Gasteiger partial charge in [0.2, 0.25) is 11.8 Å². The van der Waals surface area contributed by atoms with Crippen LogP contribution in [-0.2, 0) is 20.9 Å².